The van der Waals surface area contributed by atoms with E-state index in [1.807, 2.05) is 38.1 Å². The van der Waals surface area contributed by atoms with Crippen LogP contribution in [0.4, 0.5) is 5.69 Å². The maximum atomic E-state index is 12.0. The Morgan fingerprint density at radius 3 is 2.40 bits per heavy atom. The van der Waals surface area contributed by atoms with Gasteiger partial charge in [0.15, 0.2) is 0 Å². The molecule has 0 fully saturated rings. The Morgan fingerprint density at radius 1 is 1.25 bits per heavy atom. The molecule has 0 heterocycles. The molecule has 0 aromatic heterocycles. The van der Waals surface area contributed by atoms with E-state index in [1.54, 1.807) is 4.90 Å². The largest absolute Gasteiger partial charge is 0.378 e. The van der Waals surface area contributed by atoms with Crippen LogP contribution in [0, 0.1) is 0 Å². The van der Waals surface area contributed by atoms with Gasteiger partial charge in [-0.1, -0.05) is 12.1 Å². The number of carbonyl (C=O) groups is 1. The number of anilines is 1. The zero-order valence-electron chi connectivity index (χ0n) is 12.6. The minimum atomic E-state index is -0.00219. The summed E-state index contributed by atoms with van der Waals surface area (Å²) >= 11 is 0. The van der Waals surface area contributed by atoms with Crippen LogP contribution in [0.5, 0.6) is 0 Å². The van der Waals surface area contributed by atoms with Crippen molar-refractivity contribution in [2.45, 2.75) is 13.5 Å². The number of carbonyl (C=O) groups excluding carboxylic acids is 1. The second-order valence-corrected chi connectivity index (χ2v) is 4.81. The van der Waals surface area contributed by atoms with Gasteiger partial charge in [-0.3, -0.25) is 4.79 Å². The molecule has 2 N–H and O–H groups in total. The second kappa shape index (κ2) is 8.55. The quantitative estimate of drug-likeness (QED) is 0.723. The van der Waals surface area contributed by atoms with Crippen molar-refractivity contribution in [1.82, 2.24) is 4.90 Å². The van der Waals surface area contributed by atoms with Gasteiger partial charge in [0.25, 0.3) is 0 Å². The average Bonchev–Trinajstić information content (AvgIpc) is 2.45. The molecule has 1 aromatic carbocycles. The summed E-state index contributed by atoms with van der Waals surface area (Å²) in [4.78, 5) is 15.8. The van der Waals surface area contributed by atoms with E-state index in [9.17, 15) is 4.79 Å². The van der Waals surface area contributed by atoms with E-state index in [0.717, 1.165) is 11.3 Å². The third-order valence-electron chi connectivity index (χ3n) is 3.05. The van der Waals surface area contributed by atoms with Crippen LogP contribution in [0.2, 0.25) is 0 Å². The summed E-state index contributed by atoms with van der Waals surface area (Å²) in [6, 6.07) is 8.20. The van der Waals surface area contributed by atoms with Gasteiger partial charge in [-0.2, -0.15) is 0 Å². The van der Waals surface area contributed by atoms with E-state index < -0.39 is 0 Å². The highest BCUT2D eigenvalue weighted by atomic mass is 16.5. The molecule has 0 saturated heterocycles. The molecular weight excluding hydrogens is 254 g/mol. The first-order valence-electron chi connectivity index (χ1n) is 6.90. The number of likely N-dealkylation sites (N-methyl/N-ethyl adjacent to an activating group) is 1. The molecular formula is C15H25N3O2. The zero-order chi connectivity index (χ0) is 15.0. The maximum absolute atomic E-state index is 12.0. The fourth-order valence-corrected chi connectivity index (χ4v) is 1.83. The van der Waals surface area contributed by atoms with Crippen molar-refractivity contribution in [2.75, 3.05) is 45.3 Å². The predicted molar refractivity (Wildman–Crippen MR) is 81.7 cm³/mol. The summed E-state index contributed by atoms with van der Waals surface area (Å²) < 4.78 is 5.19. The van der Waals surface area contributed by atoms with Crippen LogP contribution in [-0.4, -0.2) is 51.2 Å². The monoisotopic (exact) mass is 279 g/mol. The molecule has 5 nitrogen and oxygen atoms in total. The predicted octanol–water partition coefficient (Wildman–Crippen LogP) is 1.08. The van der Waals surface area contributed by atoms with Gasteiger partial charge in [-0.05, 0) is 24.6 Å². The molecule has 0 aliphatic heterocycles. The van der Waals surface area contributed by atoms with Crippen LogP contribution in [-0.2, 0) is 16.1 Å². The van der Waals surface area contributed by atoms with Crippen LogP contribution in [0.15, 0.2) is 24.3 Å². The number of hydrogen-bond acceptors (Lipinski definition) is 4. The molecule has 0 spiro atoms. The van der Waals surface area contributed by atoms with E-state index in [4.69, 9.17) is 10.5 Å². The molecule has 0 radical (unpaired) electrons. The number of amides is 1. The van der Waals surface area contributed by atoms with Crippen molar-refractivity contribution in [3.05, 3.63) is 29.8 Å². The molecule has 0 aliphatic rings. The number of nitrogens with two attached hydrogens (primary N) is 1. The highest BCUT2D eigenvalue weighted by molar-refractivity contribution is 5.77. The summed E-state index contributed by atoms with van der Waals surface area (Å²) in [5, 5.41) is 0. The summed E-state index contributed by atoms with van der Waals surface area (Å²) in [7, 11) is 4.01. The van der Waals surface area contributed by atoms with Crippen molar-refractivity contribution < 1.29 is 9.53 Å². The number of benzene rings is 1. The minimum absolute atomic E-state index is 0.00219. The van der Waals surface area contributed by atoms with Gasteiger partial charge < -0.3 is 20.3 Å². The summed E-state index contributed by atoms with van der Waals surface area (Å²) in [5.74, 6) is -0.00219. The molecule has 112 valence electrons. The van der Waals surface area contributed by atoms with Gasteiger partial charge in [0, 0.05) is 39.4 Å². The Labute approximate surface area is 121 Å². The normalized spacial score (nSPS) is 10.4. The van der Waals surface area contributed by atoms with E-state index in [-0.39, 0.29) is 12.5 Å². The van der Waals surface area contributed by atoms with Crippen molar-refractivity contribution in [3.8, 4) is 0 Å². The third-order valence-corrected chi connectivity index (χ3v) is 3.05. The first-order chi connectivity index (χ1) is 9.58. The fourth-order valence-electron chi connectivity index (χ4n) is 1.83. The topological polar surface area (TPSA) is 58.8 Å². The molecule has 0 aliphatic carbocycles. The highest BCUT2D eigenvalue weighted by Gasteiger charge is 2.12. The molecule has 0 bridgehead atoms. The van der Waals surface area contributed by atoms with Gasteiger partial charge in [-0.25, -0.2) is 0 Å². The summed E-state index contributed by atoms with van der Waals surface area (Å²) in [6.45, 7) is 4.19. The van der Waals surface area contributed by atoms with Crippen LogP contribution < -0.4 is 10.6 Å². The van der Waals surface area contributed by atoms with E-state index in [1.165, 1.54) is 0 Å². The van der Waals surface area contributed by atoms with Gasteiger partial charge in [-0.15, -0.1) is 0 Å². The van der Waals surface area contributed by atoms with Crippen molar-refractivity contribution >= 4 is 11.6 Å². The first kappa shape index (κ1) is 16.5. The third kappa shape index (κ3) is 5.19. The first-order valence-corrected chi connectivity index (χ1v) is 6.90. The molecule has 5 heteroatoms. The highest BCUT2D eigenvalue weighted by Crippen LogP contribution is 2.13. The standard InChI is InChI=1S/C15H25N3O2/c1-4-18(15(19)12-20-10-9-16)11-13-5-7-14(8-6-13)17(2)3/h5-8H,4,9-12,16H2,1-3H3. The van der Waals surface area contributed by atoms with Gasteiger partial charge in [0.05, 0.1) is 6.61 Å². The Balaban J connectivity index is 2.56. The second-order valence-electron chi connectivity index (χ2n) is 4.81. The number of nitrogens with zero attached hydrogens (tertiary/aromatic N) is 2. The lowest BCUT2D eigenvalue weighted by Crippen LogP contribution is -2.33. The SMILES string of the molecule is CCN(Cc1ccc(N(C)C)cc1)C(=O)COCCN. The molecule has 0 saturated carbocycles. The molecule has 0 unspecified atom stereocenters. The van der Waals surface area contributed by atoms with Crippen LogP contribution >= 0.6 is 0 Å². The van der Waals surface area contributed by atoms with E-state index >= 15 is 0 Å². The van der Waals surface area contributed by atoms with Crippen molar-refractivity contribution in [3.63, 3.8) is 0 Å². The Bertz CT molecular complexity index is 404. The van der Waals surface area contributed by atoms with Crippen LogP contribution in [0.3, 0.4) is 0 Å². The molecule has 20 heavy (non-hydrogen) atoms. The van der Waals surface area contributed by atoms with E-state index in [0.29, 0.717) is 26.2 Å². The lowest BCUT2D eigenvalue weighted by molar-refractivity contribution is -0.136. The molecule has 0 atom stereocenters. The van der Waals surface area contributed by atoms with Crippen molar-refractivity contribution in [1.29, 1.82) is 0 Å². The fraction of sp³-hybridized carbons (Fsp3) is 0.533. The number of ether oxygens (including phenoxy) is 1. The summed E-state index contributed by atoms with van der Waals surface area (Å²) in [5.41, 5.74) is 7.59. The zero-order valence-corrected chi connectivity index (χ0v) is 12.6. The van der Waals surface area contributed by atoms with Gasteiger partial charge in [0.2, 0.25) is 5.91 Å². The number of rotatable bonds is 8. The average molecular weight is 279 g/mol. The van der Waals surface area contributed by atoms with Gasteiger partial charge >= 0.3 is 0 Å². The van der Waals surface area contributed by atoms with Crippen molar-refractivity contribution in [2.24, 2.45) is 5.73 Å². The molecule has 1 amide bonds. The summed E-state index contributed by atoms with van der Waals surface area (Å²) in [6.07, 6.45) is 0. The van der Waals surface area contributed by atoms with Gasteiger partial charge in [0.1, 0.15) is 6.61 Å². The van der Waals surface area contributed by atoms with Crippen LogP contribution in [0.1, 0.15) is 12.5 Å². The number of hydrogen-bond donors (Lipinski definition) is 1. The Morgan fingerprint density at radius 2 is 1.90 bits per heavy atom. The van der Waals surface area contributed by atoms with Crippen LogP contribution in [0.25, 0.3) is 0 Å². The Kier molecular flexibility index (Phi) is 7.04. The Hall–Kier alpha value is -1.59. The molecule has 1 rings (SSSR count). The lowest BCUT2D eigenvalue weighted by atomic mass is 10.2. The molecule has 1 aromatic rings. The smallest absolute Gasteiger partial charge is 0.248 e. The minimum Gasteiger partial charge on any atom is -0.378 e. The lowest BCUT2D eigenvalue weighted by Gasteiger charge is -2.21. The maximum Gasteiger partial charge on any atom is 0.248 e. The van der Waals surface area contributed by atoms with E-state index in [2.05, 4.69) is 12.1 Å².